The summed E-state index contributed by atoms with van der Waals surface area (Å²) in [6, 6.07) is 9.98. The molecule has 8 heteroatoms. The van der Waals surface area contributed by atoms with Crippen molar-refractivity contribution in [3.05, 3.63) is 48.4 Å². The summed E-state index contributed by atoms with van der Waals surface area (Å²) in [5.41, 5.74) is 0.611. The molecule has 2 rings (SSSR count). The Morgan fingerprint density at radius 3 is 2.74 bits per heavy atom. The molecule has 1 heterocycles. The van der Waals surface area contributed by atoms with Gasteiger partial charge in [0.05, 0.1) is 6.26 Å². The van der Waals surface area contributed by atoms with Gasteiger partial charge in [-0.25, -0.2) is 4.99 Å². The van der Waals surface area contributed by atoms with E-state index in [1.54, 1.807) is 18.4 Å². The van der Waals surface area contributed by atoms with E-state index in [1.165, 1.54) is 12.1 Å². The molecule has 0 aliphatic heterocycles. The predicted octanol–water partition coefficient (Wildman–Crippen LogP) is 2.09. The number of carbonyl (C=O) groups is 1. The minimum atomic E-state index is -0.236. The van der Waals surface area contributed by atoms with Crippen molar-refractivity contribution in [2.45, 2.75) is 20.0 Å². The Labute approximate surface area is 158 Å². The Balaban J connectivity index is 1.66. The van der Waals surface area contributed by atoms with Crippen LogP contribution in [-0.4, -0.2) is 43.2 Å². The molecule has 2 aromatic rings. The molecular weight excluding hydrogens is 348 g/mol. The zero-order valence-corrected chi connectivity index (χ0v) is 15.4. The van der Waals surface area contributed by atoms with Gasteiger partial charge in [-0.1, -0.05) is 0 Å². The highest BCUT2D eigenvalue weighted by Gasteiger charge is 2.03. The Morgan fingerprint density at radius 2 is 2.04 bits per heavy atom. The molecule has 146 valence electrons. The number of hydrogen-bond acceptors (Lipinski definition) is 5. The zero-order chi connectivity index (χ0) is 19.3. The van der Waals surface area contributed by atoms with Gasteiger partial charge in [-0.3, -0.25) is 4.79 Å². The number of aliphatic imine (C=N–C) groups is 1. The number of anilines is 1. The van der Waals surface area contributed by atoms with Crippen molar-refractivity contribution >= 4 is 17.6 Å². The molecule has 1 aromatic carbocycles. The van der Waals surface area contributed by atoms with Crippen molar-refractivity contribution < 1.29 is 19.1 Å². The van der Waals surface area contributed by atoms with E-state index in [0.717, 1.165) is 12.2 Å². The van der Waals surface area contributed by atoms with Crippen LogP contribution in [0.25, 0.3) is 0 Å². The number of guanidine groups is 1. The average Bonchev–Trinajstić information content (AvgIpc) is 3.18. The molecule has 0 radical (unpaired) electrons. The maximum absolute atomic E-state index is 12.0. The normalized spacial score (nSPS) is 11.2. The molecule has 0 unspecified atom stereocenters. The van der Waals surface area contributed by atoms with Crippen molar-refractivity contribution in [1.29, 1.82) is 0 Å². The summed E-state index contributed by atoms with van der Waals surface area (Å²) in [7, 11) is 0. The molecule has 27 heavy (non-hydrogen) atoms. The number of furan rings is 1. The Hall–Kier alpha value is -3.00. The highest BCUT2D eigenvalue weighted by Crippen LogP contribution is 2.13. The Morgan fingerprint density at radius 1 is 1.22 bits per heavy atom. The fourth-order valence-corrected chi connectivity index (χ4v) is 2.19. The van der Waals surface area contributed by atoms with E-state index in [0.29, 0.717) is 38.0 Å². The molecule has 0 spiro atoms. The number of phenols is 1. The summed E-state index contributed by atoms with van der Waals surface area (Å²) in [6.07, 6.45) is 2.42. The van der Waals surface area contributed by atoms with Gasteiger partial charge in [-0.2, -0.15) is 0 Å². The smallest absolute Gasteiger partial charge is 0.246 e. The molecule has 0 bridgehead atoms. The molecular formula is C19H26N4O4. The average molecular weight is 374 g/mol. The monoisotopic (exact) mass is 374 g/mol. The van der Waals surface area contributed by atoms with E-state index in [2.05, 4.69) is 20.9 Å². The number of rotatable bonds is 10. The van der Waals surface area contributed by atoms with Gasteiger partial charge in [0, 0.05) is 25.4 Å². The first-order chi connectivity index (χ1) is 13.2. The molecule has 0 aliphatic rings. The second kappa shape index (κ2) is 11.6. The molecule has 1 amide bonds. The molecule has 0 aliphatic carbocycles. The third kappa shape index (κ3) is 8.28. The number of amides is 1. The van der Waals surface area contributed by atoms with E-state index in [-0.39, 0.29) is 18.2 Å². The minimum absolute atomic E-state index is 0.00873. The molecule has 0 fully saturated rings. The standard InChI is InChI=1S/C19H26N4O4/c1-2-20-19(21-10-4-11-26-14-17-5-3-12-27-17)22-13-18(25)23-15-6-8-16(24)9-7-15/h3,5-9,12,24H,2,4,10-11,13-14H2,1H3,(H,23,25)(H2,20,21,22). The molecule has 8 nitrogen and oxygen atoms in total. The second-order valence-corrected chi connectivity index (χ2v) is 5.70. The van der Waals surface area contributed by atoms with Crippen LogP contribution in [0.15, 0.2) is 52.1 Å². The summed E-state index contributed by atoms with van der Waals surface area (Å²) in [5, 5.41) is 18.2. The number of hydrogen-bond donors (Lipinski definition) is 4. The van der Waals surface area contributed by atoms with Gasteiger partial charge >= 0.3 is 0 Å². The van der Waals surface area contributed by atoms with Crippen LogP contribution in [-0.2, 0) is 16.1 Å². The molecule has 0 saturated carbocycles. The van der Waals surface area contributed by atoms with Gasteiger partial charge in [0.15, 0.2) is 5.96 Å². The Bertz CT molecular complexity index is 699. The summed E-state index contributed by atoms with van der Waals surface area (Å²) in [6.45, 7) is 4.36. The first-order valence-electron chi connectivity index (χ1n) is 8.88. The topological polar surface area (TPSA) is 108 Å². The van der Waals surface area contributed by atoms with Crippen molar-refractivity contribution in [3.8, 4) is 5.75 Å². The van der Waals surface area contributed by atoms with Gasteiger partial charge in [0.1, 0.15) is 24.7 Å². The lowest BCUT2D eigenvalue weighted by Crippen LogP contribution is -2.38. The van der Waals surface area contributed by atoms with Crippen LogP contribution in [0.4, 0.5) is 5.69 Å². The number of nitrogens with zero attached hydrogens (tertiary/aromatic N) is 1. The van der Waals surface area contributed by atoms with Crippen LogP contribution in [0.3, 0.4) is 0 Å². The third-order valence-electron chi connectivity index (χ3n) is 3.46. The lowest BCUT2D eigenvalue weighted by molar-refractivity contribution is -0.114. The van der Waals surface area contributed by atoms with E-state index >= 15 is 0 Å². The predicted molar refractivity (Wildman–Crippen MR) is 104 cm³/mol. The van der Waals surface area contributed by atoms with Crippen molar-refractivity contribution in [2.24, 2.45) is 4.99 Å². The van der Waals surface area contributed by atoms with E-state index in [9.17, 15) is 9.90 Å². The fraction of sp³-hybridized carbons (Fsp3) is 0.368. The third-order valence-corrected chi connectivity index (χ3v) is 3.46. The second-order valence-electron chi connectivity index (χ2n) is 5.70. The maximum atomic E-state index is 12.0. The van der Waals surface area contributed by atoms with Crippen LogP contribution >= 0.6 is 0 Å². The summed E-state index contributed by atoms with van der Waals surface area (Å²) >= 11 is 0. The van der Waals surface area contributed by atoms with E-state index < -0.39 is 0 Å². The fourth-order valence-electron chi connectivity index (χ4n) is 2.19. The summed E-state index contributed by atoms with van der Waals surface area (Å²) < 4.78 is 10.7. The van der Waals surface area contributed by atoms with Crippen LogP contribution < -0.4 is 16.0 Å². The van der Waals surface area contributed by atoms with Crippen molar-refractivity contribution in [1.82, 2.24) is 10.6 Å². The van der Waals surface area contributed by atoms with Gasteiger partial charge in [-0.15, -0.1) is 0 Å². The number of benzene rings is 1. The van der Waals surface area contributed by atoms with Gasteiger partial charge in [0.2, 0.25) is 5.91 Å². The number of nitrogens with one attached hydrogen (secondary N) is 3. The van der Waals surface area contributed by atoms with Crippen LogP contribution in [0, 0.1) is 0 Å². The molecule has 4 N–H and O–H groups in total. The number of carbonyl (C=O) groups excluding carboxylic acids is 1. The molecule has 1 aromatic heterocycles. The van der Waals surface area contributed by atoms with Crippen LogP contribution in [0.5, 0.6) is 5.75 Å². The SMILES string of the molecule is CCNC(=NCC(=O)Nc1ccc(O)cc1)NCCCOCc1ccco1. The van der Waals surface area contributed by atoms with Crippen LogP contribution in [0.2, 0.25) is 0 Å². The van der Waals surface area contributed by atoms with Gasteiger partial charge in [0.25, 0.3) is 0 Å². The number of aromatic hydroxyl groups is 1. The molecule has 0 saturated heterocycles. The quantitative estimate of drug-likeness (QED) is 0.219. The number of ether oxygens (including phenoxy) is 1. The van der Waals surface area contributed by atoms with E-state index in [4.69, 9.17) is 9.15 Å². The highest BCUT2D eigenvalue weighted by atomic mass is 16.5. The number of phenolic OH excluding ortho intramolecular Hbond substituents is 1. The minimum Gasteiger partial charge on any atom is -0.508 e. The van der Waals surface area contributed by atoms with Crippen molar-refractivity contribution in [3.63, 3.8) is 0 Å². The summed E-state index contributed by atoms with van der Waals surface area (Å²) in [4.78, 5) is 16.2. The van der Waals surface area contributed by atoms with E-state index in [1.807, 2.05) is 19.1 Å². The van der Waals surface area contributed by atoms with Crippen LogP contribution in [0.1, 0.15) is 19.1 Å². The first kappa shape index (κ1) is 20.3. The lowest BCUT2D eigenvalue weighted by Gasteiger charge is -2.11. The lowest BCUT2D eigenvalue weighted by atomic mass is 10.3. The van der Waals surface area contributed by atoms with Gasteiger partial charge in [-0.05, 0) is 49.7 Å². The highest BCUT2D eigenvalue weighted by molar-refractivity contribution is 5.94. The largest absolute Gasteiger partial charge is 0.508 e. The first-order valence-corrected chi connectivity index (χ1v) is 8.88. The van der Waals surface area contributed by atoms with Gasteiger partial charge < -0.3 is 30.2 Å². The maximum Gasteiger partial charge on any atom is 0.246 e. The Kier molecular flexibility index (Phi) is 8.72. The van der Waals surface area contributed by atoms with Crippen molar-refractivity contribution in [2.75, 3.05) is 31.6 Å². The zero-order valence-electron chi connectivity index (χ0n) is 15.4. The summed E-state index contributed by atoms with van der Waals surface area (Å²) in [5.74, 6) is 1.29. The molecule has 0 atom stereocenters.